The van der Waals surface area contributed by atoms with Crippen LogP contribution in [-0.4, -0.2) is 36.4 Å². The Morgan fingerprint density at radius 2 is 1.96 bits per heavy atom. The molecule has 0 bridgehead atoms. The van der Waals surface area contributed by atoms with Crippen molar-refractivity contribution in [1.29, 1.82) is 0 Å². The summed E-state index contributed by atoms with van der Waals surface area (Å²) in [5.41, 5.74) is 2.32. The lowest BCUT2D eigenvalue weighted by molar-refractivity contribution is -0.133. The number of sulfonamides is 1. The maximum atomic E-state index is 13.1. The molecule has 0 fully saturated rings. The summed E-state index contributed by atoms with van der Waals surface area (Å²) in [6.45, 7) is 3.69. The summed E-state index contributed by atoms with van der Waals surface area (Å²) in [5, 5.41) is 10.7. The molecule has 0 radical (unpaired) electrons. The molecule has 2 aromatic rings. The second kappa shape index (κ2) is 6.79. The Balaban J connectivity index is 2.05. The highest BCUT2D eigenvalue weighted by Gasteiger charge is 2.37. The Hall–Kier alpha value is -2.48. The van der Waals surface area contributed by atoms with Crippen LogP contribution in [0.4, 0.5) is 0 Å². The van der Waals surface area contributed by atoms with Crippen molar-refractivity contribution in [3.8, 4) is 0 Å². The first-order valence-electron chi connectivity index (χ1n) is 7.73. The molecule has 0 saturated heterocycles. The summed E-state index contributed by atoms with van der Waals surface area (Å²) in [6.07, 6.45) is 3.45. The number of hydrogen-bond donors (Lipinski definition) is 2. The van der Waals surface area contributed by atoms with Crippen molar-refractivity contribution in [2.45, 2.75) is 17.4 Å². The first kappa shape index (κ1) is 17.3. The van der Waals surface area contributed by atoms with E-state index in [2.05, 4.69) is 6.58 Å². The van der Waals surface area contributed by atoms with Crippen LogP contribution < -0.4 is 5.48 Å². The number of benzene rings is 2. The molecule has 7 heteroatoms. The van der Waals surface area contributed by atoms with E-state index in [4.69, 9.17) is 5.21 Å². The maximum absolute atomic E-state index is 13.1. The van der Waals surface area contributed by atoms with Gasteiger partial charge in [0, 0.05) is 6.54 Å². The summed E-state index contributed by atoms with van der Waals surface area (Å²) < 4.78 is 27.2. The number of nitrogens with zero attached hydrogens (tertiary/aromatic N) is 1. The molecule has 0 unspecified atom stereocenters. The van der Waals surface area contributed by atoms with Crippen molar-refractivity contribution < 1.29 is 18.4 Å². The zero-order chi connectivity index (χ0) is 18.0. The Labute approximate surface area is 146 Å². The molecule has 6 nitrogen and oxygen atoms in total. The van der Waals surface area contributed by atoms with Crippen LogP contribution in [0.15, 0.2) is 71.7 Å². The summed E-state index contributed by atoms with van der Waals surface area (Å²) in [5.74, 6) is -0.767. The average Bonchev–Trinajstić information content (AvgIpc) is 2.66. The summed E-state index contributed by atoms with van der Waals surface area (Å²) in [4.78, 5) is 12.1. The van der Waals surface area contributed by atoms with Crippen molar-refractivity contribution >= 4 is 26.7 Å². The minimum atomic E-state index is -3.91. The van der Waals surface area contributed by atoms with Gasteiger partial charge >= 0.3 is 0 Å². The number of fused-ring (bicyclic) bond motifs is 1. The van der Waals surface area contributed by atoms with E-state index in [1.165, 1.54) is 6.07 Å². The molecule has 1 amide bonds. The lowest BCUT2D eigenvalue weighted by Crippen LogP contribution is -2.50. The van der Waals surface area contributed by atoms with E-state index < -0.39 is 22.0 Å². The van der Waals surface area contributed by atoms with Gasteiger partial charge in [0.15, 0.2) is 0 Å². The molecular weight excluding hydrogens is 340 g/mol. The van der Waals surface area contributed by atoms with Gasteiger partial charge in [-0.25, -0.2) is 13.9 Å². The van der Waals surface area contributed by atoms with Crippen LogP contribution in [0.1, 0.15) is 6.42 Å². The van der Waals surface area contributed by atoms with E-state index in [0.29, 0.717) is 0 Å². The number of carbonyl (C=O) groups excluding carboxylic acids is 1. The van der Waals surface area contributed by atoms with Gasteiger partial charge in [-0.15, -0.1) is 0 Å². The molecule has 25 heavy (non-hydrogen) atoms. The van der Waals surface area contributed by atoms with Gasteiger partial charge in [0.2, 0.25) is 10.0 Å². The minimum Gasteiger partial charge on any atom is -0.289 e. The molecule has 2 N–H and O–H groups in total. The Morgan fingerprint density at radius 3 is 2.64 bits per heavy atom. The van der Waals surface area contributed by atoms with Crippen molar-refractivity contribution in [3.63, 3.8) is 0 Å². The second-order valence-corrected chi connectivity index (χ2v) is 7.65. The third-order valence-electron chi connectivity index (χ3n) is 4.31. The summed E-state index contributed by atoms with van der Waals surface area (Å²) in [7, 11) is -3.91. The molecule has 130 valence electrons. The van der Waals surface area contributed by atoms with E-state index in [-0.39, 0.29) is 17.9 Å². The SMILES string of the molecule is C=CC1=CCN(S(=O)(=O)c2ccc3ccccc3c2)[C@@H](C(=O)NO)C1. The number of rotatable bonds is 4. The second-order valence-electron chi connectivity index (χ2n) is 5.76. The monoisotopic (exact) mass is 358 g/mol. The first-order chi connectivity index (χ1) is 12.0. The zero-order valence-electron chi connectivity index (χ0n) is 13.4. The molecule has 0 aliphatic carbocycles. The summed E-state index contributed by atoms with van der Waals surface area (Å²) >= 11 is 0. The fraction of sp³-hybridized carbons (Fsp3) is 0.167. The molecule has 2 aromatic carbocycles. The molecule has 3 rings (SSSR count). The number of nitrogens with one attached hydrogen (secondary N) is 1. The predicted octanol–water partition coefficient (Wildman–Crippen LogP) is 2.22. The Bertz CT molecular complexity index is 966. The third kappa shape index (κ3) is 3.21. The predicted molar refractivity (Wildman–Crippen MR) is 94.5 cm³/mol. The minimum absolute atomic E-state index is 0.0363. The van der Waals surface area contributed by atoms with E-state index in [1.54, 1.807) is 29.8 Å². The number of hydrogen-bond acceptors (Lipinski definition) is 4. The van der Waals surface area contributed by atoms with Crippen LogP contribution in [0.3, 0.4) is 0 Å². The van der Waals surface area contributed by atoms with Gasteiger partial charge < -0.3 is 0 Å². The van der Waals surface area contributed by atoms with E-state index >= 15 is 0 Å². The standard InChI is InChI=1S/C18H18N2O4S/c1-2-13-9-10-20(17(11-13)18(21)19-22)25(23,24)16-8-7-14-5-3-4-6-15(14)12-16/h2-9,12,17,22H,1,10-11H2,(H,19,21)/t17-/m1/s1. The van der Waals surface area contributed by atoms with Crippen LogP contribution in [0.5, 0.6) is 0 Å². The van der Waals surface area contributed by atoms with Crippen LogP contribution in [0.2, 0.25) is 0 Å². The normalized spacial score (nSPS) is 18.6. The molecule has 1 heterocycles. The number of amides is 1. The zero-order valence-corrected chi connectivity index (χ0v) is 14.2. The van der Waals surface area contributed by atoms with Crippen LogP contribution >= 0.6 is 0 Å². The fourth-order valence-electron chi connectivity index (χ4n) is 2.94. The fourth-order valence-corrected chi connectivity index (χ4v) is 4.50. The number of hydroxylamine groups is 1. The highest BCUT2D eigenvalue weighted by Crippen LogP contribution is 2.28. The van der Waals surface area contributed by atoms with Gasteiger partial charge in [-0.2, -0.15) is 4.31 Å². The summed E-state index contributed by atoms with van der Waals surface area (Å²) in [6, 6.07) is 11.3. The molecular formula is C18H18N2O4S. The van der Waals surface area contributed by atoms with Crippen LogP contribution in [-0.2, 0) is 14.8 Å². The first-order valence-corrected chi connectivity index (χ1v) is 9.17. The average molecular weight is 358 g/mol. The van der Waals surface area contributed by atoms with Gasteiger partial charge in [0.25, 0.3) is 5.91 Å². The van der Waals surface area contributed by atoms with Crippen LogP contribution in [0, 0.1) is 0 Å². The van der Waals surface area contributed by atoms with Gasteiger partial charge in [-0.05, 0) is 34.9 Å². The highest BCUT2D eigenvalue weighted by atomic mass is 32.2. The quantitative estimate of drug-likeness (QED) is 0.648. The van der Waals surface area contributed by atoms with Gasteiger partial charge in [0.1, 0.15) is 6.04 Å². The van der Waals surface area contributed by atoms with Crippen molar-refractivity contribution in [3.05, 3.63) is 66.8 Å². The lowest BCUT2D eigenvalue weighted by Gasteiger charge is -2.32. The van der Waals surface area contributed by atoms with Crippen molar-refractivity contribution in [2.75, 3.05) is 6.54 Å². The van der Waals surface area contributed by atoms with Crippen LogP contribution in [0.25, 0.3) is 10.8 Å². The third-order valence-corrected chi connectivity index (χ3v) is 6.18. The smallest absolute Gasteiger partial charge is 0.262 e. The van der Waals surface area contributed by atoms with Gasteiger partial charge in [0.05, 0.1) is 4.90 Å². The largest absolute Gasteiger partial charge is 0.289 e. The molecule has 1 aliphatic heterocycles. The van der Waals surface area contributed by atoms with E-state index in [9.17, 15) is 13.2 Å². The molecule has 0 saturated carbocycles. The number of carbonyl (C=O) groups is 1. The van der Waals surface area contributed by atoms with E-state index in [0.717, 1.165) is 20.7 Å². The van der Waals surface area contributed by atoms with Gasteiger partial charge in [-0.1, -0.05) is 49.1 Å². The van der Waals surface area contributed by atoms with Crippen molar-refractivity contribution in [1.82, 2.24) is 9.79 Å². The lowest BCUT2D eigenvalue weighted by atomic mass is 10.0. The van der Waals surface area contributed by atoms with E-state index in [1.807, 2.05) is 24.3 Å². The van der Waals surface area contributed by atoms with Gasteiger partial charge in [-0.3, -0.25) is 10.0 Å². The topological polar surface area (TPSA) is 86.7 Å². The Kier molecular flexibility index (Phi) is 4.71. The molecule has 0 spiro atoms. The molecule has 1 aliphatic rings. The maximum Gasteiger partial charge on any atom is 0.262 e. The molecule has 0 aromatic heterocycles. The highest BCUT2D eigenvalue weighted by molar-refractivity contribution is 7.89. The molecule has 1 atom stereocenters. The van der Waals surface area contributed by atoms with Crippen molar-refractivity contribution in [2.24, 2.45) is 0 Å². The Morgan fingerprint density at radius 1 is 1.24 bits per heavy atom. The number of allylic oxidation sites excluding steroid dienone is 1.